The standard InChI is InChI=1S/C14H19NO3S/c1-2-11-6-7-12(15-10-11)9-13(16)14-5-3-4-8-19(14,17)18/h6-7,10,14H,2-5,8-9H2,1H3. The van der Waals surface area contributed by atoms with E-state index >= 15 is 0 Å². The maximum absolute atomic E-state index is 12.1. The van der Waals surface area contributed by atoms with Crippen molar-refractivity contribution in [3.63, 3.8) is 0 Å². The minimum Gasteiger partial charge on any atom is -0.298 e. The van der Waals surface area contributed by atoms with Crippen LogP contribution in [0.3, 0.4) is 0 Å². The molecule has 0 bridgehead atoms. The van der Waals surface area contributed by atoms with Gasteiger partial charge in [0.05, 0.1) is 12.2 Å². The lowest BCUT2D eigenvalue weighted by molar-refractivity contribution is -0.118. The molecule has 4 nitrogen and oxygen atoms in total. The summed E-state index contributed by atoms with van der Waals surface area (Å²) < 4.78 is 23.7. The van der Waals surface area contributed by atoms with Crippen molar-refractivity contribution in [1.29, 1.82) is 0 Å². The summed E-state index contributed by atoms with van der Waals surface area (Å²) in [4.78, 5) is 16.3. The van der Waals surface area contributed by atoms with Gasteiger partial charge < -0.3 is 0 Å². The van der Waals surface area contributed by atoms with Crippen LogP contribution in [0.25, 0.3) is 0 Å². The second-order valence-corrected chi connectivity index (χ2v) is 7.31. The van der Waals surface area contributed by atoms with Gasteiger partial charge >= 0.3 is 0 Å². The molecule has 0 N–H and O–H groups in total. The second-order valence-electron chi connectivity index (χ2n) is 5.01. The lowest BCUT2D eigenvalue weighted by Crippen LogP contribution is -2.36. The molecule has 1 atom stereocenters. The molecule has 0 radical (unpaired) electrons. The predicted molar refractivity (Wildman–Crippen MR) is 73.8 cm³/mol. The van der Waals surface area contributed by atoms with Crippen molar-refractivity contribution in [2.45, 2.75) is 44.3 Å². The van der Waals surface area contributed by atoms with E-state index in [1.807, 2.05) is 19.1 Å². The molecule has 0 spiro atoms. The van der Waals surface area contributed by atoms with Gasteiger partial charge in [-0.25, -0.2) is 8.42 Å². The Hall–Kier alpha value is -1.23. The van der Waals surface area contributed by atoms with E-state index in [0.29, 0.717) is 18.5 Å². The first-order valence-electron chi connectivity index (χ1n) is 6.71. The van der Waals surface area contributed by atoms with Gasteiger partial charge in [0.15, 0.2) is 15.6 Å². The fourth-order valence-corrected chi connectivity index (χ4v) is 4.28. The lowest BCUT2D eigenvalue weighted by atomic mass is 10.1. The first kappa shape index (κ1) is 14.2. The predicted octanol–water partition coefficient (Wildman–Crippen LogP) is 1.72. The number of hydrogen-bond acceptors (Lipinski definition) is 4. The normalized spacial score (nSPS) is 22.1. The van der Waals surface area contributed by atoms with E-state index in [-0.39, 0.29) is 18.0 Å². The molecule has 1 aromatic rings. The number of carbonyl (C=O) groups excluding carboxylic acids is 1. The molecule has 0 aliphatic carbocycles. The molecule has 0 amide bonds. The highest BCUT2D eigenvalue weighted by atomic mass is 32.2. The van der Waals surface area contributed by atoms with Gasteiger partial charge in [-0.2, -0.15) is 0 Å². The zero-order valence-electron chi connectivity index (χ0n) is 11.1. The summed E-state index contributed by atoms with van der Waals surface area (Å²) in [6.07, 6.45) is 4.73. The van der Waals surface area contributed by atoms with E-state index in [1.54, 1.807) is 6.20 Å². The summed E-state index contributed by atoms with van der Waals surface area (Å²) in [6.45, 7) is 2.04. The van der Waals surface area contributed by atoms with Crippen molar-refractivity contribution in [2.75, 3.05) is 5.75 Å². The summed E-state index contributed by atoms with van der Waals surface area (Å²) in [5.74, 6) is -0.0672. The van der Waals surface area contributed by atoms with Gasteiger partial charge in [0.1, 0.15) is 5.25 Å². The average molecular weight is 281 g/mol. The molecule has 1 fully saturated rings. The van der Waals surface area contributed by atoms with Gasteiger partial charge in [-0.3, -0.25) is 9.78 Å². The number of aryl methyl sites for hydroxylation is 1. The number of Topliss-reactive ketones (excluding diaryl/α,β-unsaturated/α-hetero) is 1. The Balaban J connectivity index is 2.07. The number of rotatable bonds is 4. The number of nitrogens with zero attached hydrogens (tertiary/aromatic N) is 1. The third kappa shape index (κ3) is 3.41. The highest BCUT2D eigenvalue weighted by molar-refractivity contribution is 7.92. The zero-order chi connectivity index (χ0) is 13.9. The number of sulfone groups is 1. The monoisotopic (exact) mass is 281 g/mol. The van der Waals surface area contributed by atoms with Crippen molar-refractivity contribution in [1.82, 2.24) is 4.98 Å². The Morgan fingerprint density at radius 1 is 1.37 bits per heavy atom. The maximum atomic E-state index is 12.1. The zero-order valence-corrected chi connectivity index (χ0v) is 11.9. The molecular formula is C14H19NO3S. The average Bonchev–Trinajstić information content (AvgIpc) is 2.39. The Morgan fingerprint density at radius 3 is 2.74 bits per heavy atom. The van der Waals surface area contributed by atoms with Crippen LogP contribution in [-0.4, -0.2) is 30.2 Å². The van der Waals surface area contributed by atoms with Crippen LogP contribution >= 0.6 is 0 Å². The Kier molecular flexibility index (Phi) is 4.34. The molecule has 1 unspecified atom stereocenters. The van der Waals surface area contributed by atoms with E-state index in [4.69, 9.17) is 0 Å². The van der Waals surface area contributed by atoms with Gasteiger partial charge in [-0.1, -0.05) is 19.4 Å². The molecule has 2 rings (SSSR count). The quantitative estimate of drug-likeness (QED) is 0.843. The lowest BCUT2D eigenvalue weighted by Gasteiger charge is -2.20. The van der Waals surface area contributed by atoms with Crippen LogP contribution in [0.15, 0.2) is 18.3 Å². The number of aromatic nitrogens is 1. The Bertz CT molecular complexity index is 549. The fourth-order valence-electron chi connectivity index (χ4n) is 2.38. The molecule has 0 saturated carbocycles. The Labute approximate surface area is 114 Å². The van der Waals surface area contributed by atoms with E-state index in [2.05, 4.69) is 4.98 Å². The largest absolute Gasteiger partial charge is 0.298 e. The van der Waals surface area contributed by atoms with Crippen LogP contribution in [0.4, 0.5) is 0 Å². The second kappa shape index (κ2) is 5.82. The number of ketones is 1. The number of carbonyl (C=O) groups is 1. The van der Waals surface area contributed by atoms with E-state index in [0.717, 1.165) is 18.4 Å². The number of pyridine rings is 1. The van der Waals surface area contributed by atoms with Crippen molar-refractivity contribution >= 4 is 15.6 Å². The van der Waals surface area contributed by atoms with Crippen molar-refractivity contribution in [3.8, 4) is 0 Å². The number of hydrogen-bond donors (Lipinski definition) is 0. The van der Waals surface area contributed by atoms with Gasteiger partial charge in [0, 0.05) is 11.9 Å². The van der Waals surface area contributed by atoms with Crippen LogP contribution in [0.2, 0.25) is 0 Å². The summed E-state index contributed by atoms with van der Waals surface area (Å²) in [7, 11) is -3.23. The minimum atomic E-state index is -3.23. The summed E-state index contributed by atoms with van der Waals surface area (Å²) >= 11 is 0. The third-order valence-electron chi connectivity index (χ3n) is 3.59. The molecule has 19 heavy (non-hydrogen) atoms. The molecule has 1 aromatic heterocycles. The molecule has 2 heterocycles. The van der Waals surface area contributed by atoms with Crippen LogP contribution in [0, 0.1) is 0 Å². The van der Waals surface area contributed by atoms with Crippen LogP contribution in [0.5, 0.6) is 0 Å². The van der Waals surface area contributed by atoms with Crippen molar-refractivity contribution in [3.05, 3.63) is 29.6 Å². The fraction of sp³-hybridized carbons (Fsp3) is 0.571. The minimum absolute atomic E-state index is 0.119. The first-order valence-corrected chi connectivity index (χ1v) is 8.42. The van der Waals surface area contributed by atoms with Gasteiger partial charge in [-0.15, -0.1) is 0 Å². The van der Waals surface area contributed by atoms with E-state index in [9.17, 15) is 13.2 Å². The molecule has 1 aliphatic rings. The third-order valence-corrected chi connectivity index (χ3v) is 5.81. The van der Waals surface area contributed by atoms with Gasteiger partial charge in [0.2, 0.25) is 0 Å². The van der Waals surface area contributed by atoms with Gasteiger partial charge in [0.25, 0.3) is 0 Å². The summed E-state index contributed by atoms with van der Waals surface area (Å²) in [5.41, 5.74) is 1.77. The first-order chi connectivity index (χ1) is 9.03. The highest BCUT2D eigenvalue weighted by Gasteiger charge is 2.34. The Morgan fingerprint density at radius 2 is 2.16 bits per heavy atom. The van der Waals surface area contributed by atoms with E-state index < -0.39 is 15.1 Å². The summed E-state index contributed by atoms with van der Waals surface area (Å²) in [6, 6.07) is 3.75. The molecule has 0 aromatic carbocycles. The molecule has 104 valence electrons. The maximum Gasteiger partial charge on any atom is 0.160 e. The van der Waals surface area contributed by atoms with Crippen LogP contribution in [0.1, 0.15) is 37.4 Å². The smallest absolute Gasteiger partial charge is 0.160 e. The van der Waals surface area contributed by atoms with Crippen LogP contribution < -0.4 is 0 Å². The molecule has 1 saturated heterocycles. The van der Waals surface area contributed by atoms with Crippen molar-refractivity contribution in [2.24, 2.45) is 0 Å². The summed E-state index contributed by atoms with van der Waals surface area (Å²) in [5, 5.41) is -0.811. The van der Waals surface area contributed by atoms with Gasteiger partial charge in [-0.05, 0) is 30.9 Å². The van der Waals surface area contributed by atoms with Crippen LogP contribution in [-0.2, 0) is 27.5 Å². The highest BCUT2D eigenvalue weighted by Crippen LogP contribution is 2.21. The van der Waals surface area contributed by atoms with E-state index in [1.165, 1.54) is 0 Å². The molecule has 5 heteroatoms. The van der Waals surface area contributed by atoms with Crippen molar-refractivity contribution < 1.29 is 13.2 Å². The molecular weight excluding hydrogens is 262 g/mol. The SMILES string of the molecule is CCc1ccc(CC(=O)C2CCCCS2(=O)=O)nc1. The topological polar surface area (TPSA) is 64.1 Å². The molecule has 1 aliphatic heterocycles.